The van der Waals surface area contributed by atoms with Crippen LogP contribution in [-0.2, 0) is 4.74 Å². The smallest absolute Gasteiger partial charge is 0.410 e. The fraction of sp³-hybridized carbons (Fsp3) is 0.370. The van der Waals surface area contributed by atoms with E-state index in [4.69, 9.17) is 14.5 Å². The Labute approximate surface area is 209 Å². The predicted octanol–water partition coefficient (Wildman–Crippen LogP) is 4.94. The normalized spacial score (nSPS) is 17.5. The fourth-order valence-corrected chi connectivity index (χ4v) is 4.70. The van der Waals surface area contributed by atoms with Crippen LogP contribution in [0.5, 0.6) is 11.5 Å². The zero-order valence-corrected chi connectivity index (χ0v) is 20.6. The zero-order chi connectivity index (χ0) is 25.4. The molecule has 1 aromatic heterocycles. The number of ether oxygens (including phenoxy) is 2. The maximum Gasteiger partial charge on any atom is 0.410 e. The van der Waals surface area contributed by atoms with Gasteiger partial charge in [0.1, 0.15) is 28.6 Å². The first-order chi connectivity index (χ1) is 17.2. The van der Waals surface area contributed by atoms with Crippen molar-refractivity contribution < 1.29 is 24.2 Å². The number of aromatic nitrogens is 2. The van der Waals surface area contributed by atoms with Gasteiger partial charge in [0, 0.05) is 37.0 Å². The minimum absolute atomic E-state index is 0.0393. The monoisotopic (exact) mass is 490 g/mol. The molecule has 1 unspecified atom stereocenters. The predicted molar refractivity (Wildman–Crippen MR) is 134 cm³/mol. The molecule has 188 valence electrons. The number of fused-ring (bicyclic) bond motifs is 1. The highest BCUT2D eigenvalue weighted by molar-refractivity contribution is 5.93. The highest BCUT2D eigenvalue weighted by Gasteiger charge is 2.42. The summed E-state index contributed by atoms with van der Waals surface area (Å²) < 4.78 is 12.9. The van der Waals surface area contributed by atoms with E-state index in [2.05, 4.69) is 5.43 Å². The molecule has 1 atom stereocenters. The highest BCUT2D eigenvalue weighted by Crippen LogP contribution is 2.39. The summed E-state index contributed by atoms with van der Waals surface area (Å²) >= 11 is 0. The van der Waals surface area contributed by atoms with E-state index in [1.807, 2.05) is 75.4 Å². The van der Waals surface area contributed by atoms with Crippen molar-refractivity contribution in [2.75, 3.05) is 25.1 Å². The highest BCUT2D eigenvalue weighted by atomic mass is 16.6. The molecule has 9 nitrogen and oxygen atoms in total. The number of carbonyl (C=O) groups is 2. The summed E-state index contributed by atoms with van der Waals surface area (Å²) in [5.41, 5.74) is 3.86. The van der Waals surface area contributed by atoms with Crippen molar-refractivity contribution in [1.29, 1.82) is 0 Å². The Hall–Kier alpha value is -4.01. The van der Waals surface area contributed by atoms with E-state index in [0.717, 1.165) is 12.2 Å². The Kier molecular flexibility index (Phi) is 6.07. The lowest BCUT2D eigenvalue weighted by Gasteiger charge is -2.44. The van der Waals surface area contributed by atoms with E-state index in [1.165, 1.54) is 0 Å². The summed E-state index contributed by atoms with van der Waals surface area (Å²) in [6.45, 7) is 7.30. The van der Waals surface area contributed by atoms with Gasteiger partial charge in [0.2, 0.25) is 0 Å². The quantitative estimate of drug-likeness (QED) is 0.522. The average molecular weight is 491 g/mol. The number of hydrogen-bond acceptors (Lipinski definition) is 6. The molecular weight excluding hydrogens is 460 g/mol. The SMILES string of the molecule is CC(C)(C)OC(=O)N1CC(C2CCNn3c2nc(-c2ccc(Oc4ccccc4)cc2)c3C(=O)O)C1. The summed E-state index contributed by atoms with van der Waals surface area (Å²) in [5.74, 6) is 1.24. The number of hydrogen-bond donors (Lipinski definition) is 2. The van der Waals surface area contributed by atoms with Crippen LogP contribution in [0.3, 0.4) is 0 Å². The molecule has 5 rings (SSSR count). The van der Waals surface area contributed by atoms with E-state index in [9.17, 15) is 14.7 Å². The van der Waals surface area contributed by atoms with Crippen LogP contribution in [-0.4, -0.2) is 57.0 Å². The van der Waals surface area contributed by atoms with Crippen molar-refractivity contribution in [3.8, 4) is 22.8 Å². The molecule has 2 aliphatic rings. The number of para-hydroxylation sites is 1. The molecule has 3 aromatic rings. The summed E-state index contributed by atoms with van der Waals surface area (Å²) in [5, 5.41) is 10.0. The number of likely N-dealkylation sites (tertiary alicyclic amines) is 1. The molecule has 36 heavy (non-hydrogen) atoms. The summed E-state index contributed by atoms with van der Waals surface area (Å²) in [7, 11) is 0. The average Bonchev–Trinajstić information content (AvgIpc) is 3.19. The van der Waals surface area contributed by atoms with Crippen molar-refractivity contribution in [2.45, 2.75) is 38.7 Å². The van der Waals surface area contributed by atoms with Crippen molar-refractivity contribution in [3.63, 3.8) is 0 Å². The molecule has 0 aliphatic carbocycles. The van der Waals surface area contributed by atoms with Gasteiger partial charge in [0.25, 0.3) is 0 Å². The van der Waals surface area contributed by atoms with Gasteiger partial charge in [0.05, 0.1) is 0 Å². The molecule has 3 heterocycles. The van der Waals surface area contributed by atoms with Gasteiger partial charge in [0.15, 0.2) is 5.69 Å². The Morgan fingerprint density at radius 3 is 2.33 bits per heavy atom. The summed E-state index contributed by atoms with van der Waals surface area (Å²) in [4.78, 5) is 31.2. The third-order valence-electron chi connectivity index (χ3n) is 6.40. The number of imidazole rings is 1. The lowest BCUT2D eigenvalue weighted by molar-refractivity contribution is -0.00638. The Morgan fingerprint density at radius 1 is 1.03 bits per heavy atom. The van der Waals surface area contributed by atoms with Gasteiger partial charge >= 0.3 is 12.1 Å². The van der Waals surface area contributed by atoms with Crippen molar-refractivity contribution >= 4 is 12.1 Å². The first-order valence-electron chi connectivity index (χ1n) is 12.1. The molecule has 2 N–H and O–H groups in total. The largest absolute Gasteiger partial charge is 0.476 e. The van der Waals surface area contributed by atoms with Crippen LogP contribution in [0, 0.1) is 5.92 Å². The van der Waals surface area contributed by atoms with Crippen molar-refractivity contribution in [3.05, 3.63) is 66.1 Å². The van der Waals surface area contributed by atoms with Crippen LogP contribution < -0.4 is 10.2 Å². The van der Waals surface area contributed by atoms with Gasteiger partial charge < -0.3 is 24.9 Å². The van der Waals surface area contributed by atoms with E-state index < -0.39 is 11.6 Å². The van der Waals surface area contributed by atoms with Gasteiger partial charge in [-0.05, 0) is 63.6 Å². The van der Waals surface area contributed by atoms with Gasteiger partial charge in [-0.1, -0.05) is 18.2 Å². The van der Waals surface area contributed by atoms with E-state index in [-0.39, 0.29) is 23.6 Å². The van der Waals surface area contributed by atoms with Crippen molar-refractivity contribution in [2.24, 2.45) is 5.92 Å². The molecule has 1 amide bonds. The Bertz CT molecular complexity index is 1260. The molecule has 0 saturated carbocycles. The van der Waals surface area contributed by atoms with Gasteiger partial charge in [-0.3, -0.25) is 0 Å². The molecular formula is C27H30N4O5. The van der Waals surface area contributed by atoms with Gasteiger partial charge in [-0.25, -0.2) is 19.2 Å². The zero-order valence-electron chi connectivity index (χ0n) is 20.6. The van der Waals surface area contributed by atoms with Crippen LogP contribution in [0.25, 0.3) is 11.3 Å². The molecule has 2 aromatic carbocycles. The van der Waals surface area contributed by atoms with Crippen LogP contribution in [0.2, 0.25) is 0 Å². The topological polar surface area (TPSA) is 106 Å². The lowest BCUT2D eigenvalue weighted by atomic mass is 9.82. The van der Waals surface area contributed by atoms with E-state index in [0.29, 0.717) is 42.5 Å². The molecule has 0 spiro atoms. The standard InChI is InChI=1S/C27H30N4O5/c1-27(2,3)36-26(34)30-15-18(16-30)21-13-14-28-31-23(25(32)33)22(29-24(21)31)17-9-11-20(12-10-17)35-19-7-5-4-6-8-19/h4-12,18,21,28H,13-16H2,1-3H3,(H,32,33). The molecule has 0 bridgehead atoms. The second kappa shape index (κ2) is 9.22. The van der Waals surface area contributed by atoms with Gasteiger partial charge in [-0.15, -0.1) is 0 Å². The summed E-state index contributed by atoms with van der Waals surface area (Å²) in [6, 6.07) is 16.7. The number of nitrogens with one attached hydrogen (secondary N) is 1. The van der Waals surface area contributed by atoms with Crippen LogP contribution in [0.15, 0.2) is 54.6 Å². The summed E-state index contributed by atoms with van der Waals surface area (Å²) in [6.07, 6.45) is 0.493. The maximum absolute atomic E-state index is 12.4. The minimum atomic E-state index is -1.05. The number of rotatable bonds is 5. The van der Waals surface area contributed by atoms with E-state index in [1.54, 1.807) is 9.58 Å². The number of amides is 1. The number of carboxylic acids is 1. The number of aromatic carboxylic acids is 1. The van der Waals surface area contributed by atoms with Crippen LogP contribution in [0.1, 0.15) is 49.4 Å². The molecule has 9 heteroatoms. The van der Waals surface area contributed by atoms with Crippen LogP contribution in [0.4, 0.5) is 4.79 Å². The first-order valence-corrected chi connectivity index (χ1v) is 12.1. The van der Waals surface area contributed by atoms with E-state index >= 15 is 0 Å². The number of carbonyl (C=O) groups excluding carboxylic acids is 1. The molecule has 1 fully saturated rings. The second-order valence-electron chi connectivity index (χ2n) is 10.2. The van der Waals surface area contributed by atoms with Crippen LogP contribution >= 0.6 is 0 Å². The fourth-order valence-electron chi connectivity index (χ4n) is 4.70. The maximum atomic E-state index is 12.4. The first kappa shape index (κ1) is 23.7. The second-order valence-corrected chi connectivity index (χ2v) is 10.2. The third-order valence-corrected chi connectivity index (χ3v) is 6.40. The Morgan fingerprint density at radius 2 is 1.69 bits per heavy atom. The number of carboxylic acid groups (broad SMARTS) is 1. The van der Waals surface area contributed by atoms with Gasteiger partial charge in [-0.2, -0.15) is 0 Å². The number of benzene rings is 2. The molecule has 2 aliphatic heterocycles. The molecule has 0 radical (unpaired) electrons. The minimum Gasteiger partial charge on any atom is -0.476 e. The van der Waals surface area contributed by atoms with Crippen molar-refractivity contribution in [1.82, 2.24) is 14.6 Å². The number of nitrogens with zero attached hydrogens (tertiary/aromatic N) is 3. The third kappa shape index (κ3) is 4.73. The lowest BCUT2D eigenvalue weighted by Crippen LogP contribution is -2.54. The Balaban J connectivity index is 1.37. The molecule has 1 saturated heterocycles.